The van der Waals surface area contributed by atoms with Crippen LogP contribution in [0.3, 0.4) is 0 Å². The van der Waals surface area contributed by atoms with Gasteiger partial charge in [-0.15, -0.1) is 0 Å². The van der Waals surface area contributed by atoms with E-state index in [-0.39, 0.29) is 5.82 Å². The summed E-state index contributed by atoms with van der Waals surface area (Å²) in [5.41, 5.74) is 4.30. The highest BCUT2D eigenvalue weighted by molar-refractivity contribution is 5.87. The standard InChI is InChI=1S/C28H31FN2O3/c1-33-26-13-11-25(12-14-26)31(28(32)34-2)20-23-5-3-4-6-27(23)22-15-17-30(18-16-22)19-21-7-9-24(29)10-8-21/h3-14,22H,15-20H2,1-2H3. The van der Waals surface area contributed by atoms with Crippen molar-refractivity contribution in [2.24, 2.45) is 0 Å². The number of carbonyl (C=O) groups excluding carboxylic acids is 1. The lowest BCUT2D eigenvalue weighted by atomic mass is 9.86. The van der Waals surface area contributed by atoms with Crippen molar-refractivity contribution >= 4 is 11.8 Å². The van der Waals surface area contributed by atoms with Gasteiger partial charge in [0.2, 0.25) is 0 Å². The van der Waals surface area contributed by atoms with E-state index in [1.165, 1.54) is 24.8 Å². The molecule has 3 aromatic rings. The zero-order valence-electron chi connectivity index (χ0n) is 19.7. The first-order valence-electron chi connectivity index (χ1n) is 11.6. The Morgan fingerprint density at radius 1 is 0.971 bits per heavy atom. The number of hydrogen-bond donors (Lipinski definition) is 0. The van der Waals surface area contributed by atoms with Gasteiger partial charge in [-0.05, 0) is 84.9 Å². The summed E-state index contributed by atoms with van der Waals surface area (Å²) in [7, 11) is 3.02. The number of halogens is 1. The van der Waals surface area contributed by atoms with E-state index in [2.05, 4.69) is 23.1 Å². The molecule has 1 aliphatic rings. The van der Waals surface area contributed by atoms with E-state index in [0.717, 1.165) is 55.0 Å². The summed E-state index contributed by atoms with van der Waals surface area (Å²) in [4.78, 5) is 16.7. The predicted octanol–water partition coefficient (Wildman–Crippen LogP) is 5.99. The first kappa shape index (κ1) is 23.8. The largest absolute Gasteiger partial charge is 0.497 e. The summed E-state index contributed by atoms with van der Waals surface area (Å²) in [5.74, 6) is 0.965. The van der Waals surface area contributed by atoms with Crippen LogP contribution in [0.2, 0.25) is 0 Å². The minimum Gasteiger partial charge on any atom is -0.497 e. The highest BCUT2D eigenvalue weighted by atomic mass is 19.1. The summed E-state index contributed by atoms with van der Waals surface area (Å²) < 4.78 is 23.5. The highest BCUT2D eigenvalue weighted by Gasteiger charge is 2.25. The van der Waals surface area contributed by atoms with Crippen LogP contribution < -0.4 is 9.64 Å². The second kappa shape index (κ2) is 11.2. The minimum atomic E-state index is -0.394. The molecule has 0 atom stereocenters. The smallest absolute Gasteiger partial charge is 0.414 e. The van der Waals surface area contributed by atoms with E-state index in [4.69, 9.17) is 9.47 Å². The summed E-state index contributed by atoms with van der Waals surface area (Å²) >= 11 is 0. The molecule has 4 rings (SSSR count). The fourth-order valence-electron chi connectivity index (χ4n) is 4.63. The van der Waals surface area contributed by atoms with Crippen molar-refractivity contribution < 1.29 is 18.7 Å². The molecule has 1 amide bonds. The van der Waals surface area contributed by atoms with Crippen LogP contribution in [0.5, 0.6) is 5.75 Å². The summed E-state index contributed by atoms with van der Waals surface area (Å²) in [5, 5.41) is 0. The van der Waals surface area contributed by atoms with Crippen LogP contribution in [-0.4, -0.2) is 38.3 Å². The van der Waals surface area contributed by atoms with Gasteiger partial charge in [0.1, 0.15) is 11.6 Å². The molecule has 1 fully saturated rings. The molecule has 0 radical (unpaired) electrons. The van der Waals surface area contributed by atoms with Gasteiger partial charge in [0.15, 0.2) is 0 Å². The number of nitrogens with zero attached hydrogens (tertiary/aromatic N) is 2. The van der Waals surface area contributed by atoms with Gasteiger partial charge in [-0.25, -0.2) is 9.18 Å². The van der Waals surface area contributed by atoms with E-state index >= 15 is 0 Å². The number of amides is 1. The van der Waals surface area contributed by atoms with Gasteiger partial charge in [-0.2, -0.15) is 0 Å². The molecule has 1 aliphatic heterocycles. The molecule has 178 valence electrons. The SMILES string of the molecule is COC(=O)N(Cc1ccccc1C1CCN(Cc2ccc(F)cc2)CC1)c1ccc(OC)cc1. The van der Waals surface area contributed by atoms with E-state index in [0.29, 0.717) is 12.5 Å². The number of benzene rings is 3. The Hall–Kier alpha value is -3.38. The third kappa shape index (κ3) is 5.75. The third-order valence-corrected chi connectivity index (χ3v) is 6.51. The van der Waals surface area contributed by atoms with Crippen LogP contribution in [0.4, 0.5) is 14.9 Å². The van der Waals surface area contributed by atoms with Crippen molar-refractivity contribution in [1.29, 1.82) is 0 Å². The molecule has 1 saturated heterocycles. The minimum absolute atomic E-state index is 0.199. The monoisotopic (exact) mass is 462 g/mol. The highest BCUT2D eigenvalue weighted by Crippen LogP contribution is 2.32. The lowest BCUT2D eigenvalue weighted by Gasteiger charge is -2.33. The molecule has 34 heavy (non-hydrogen) atoms. The lowest BCUT2D eigenvalue weighted by Crippen LogP contribution is -2.33. The van der Waals surface area contributed by atoms with E-state index < -0.39 is 6.09 Å². The number of ether oxygens (including phenoxy) is 2. The summed E-state index contributed by atoms with van der Waals surface area (Å²) in [6.45, 7) is 3.23. The Morgan fingerprint density at radius 3 is 2.29 bits per heavy atom. The third-order valence-electron chi connectivity index (χ3n) is 6.51. The Bertz CT molecular complexity index is 1080. The van der Waals surface area contributed by atoms with E-state index in [1.54, 1.807) is 12.0 Å². The molecule has 0 aliphatic carbocycles. The number of methoxy groups -OCH3 is 2. The number of hydrogen-bond acceptors (Lipinski definition) is 4. The van der Waals surface area contributed by atoms with E-state index in [9.17, 15) is 9.18 Å². The number of rotatable bonds is 7. The molecule has 0 spiro atoms. The van der Waals surface area contributed by atoms with Crippen LogP contribution in [0.25, 0.3) is 0 Å². The average Bonchev–Trinajstić information content (AvgIpc) is 2.89. The van der Waals surface area contributed by atoms with Crippen molar-refractivity contribution in [2.45, 2.75) is 31.8 Å². The van der Waals surface area contributed by atoms with Crippen molar-refractivity contribution in [3.63, 3.8) is 0 Å². The number of likely N-dealkylation sites (tertiary alicyclic amines) is 1. The van der Waals surface area contributed by atoms with E-state index in [1.807, 2.05) is 42.5 Å². The second-order valence-corrected chi connectivity index (χ2v) is 8.63. The predicted molar refractivity (Wildman–Crippen MR) is 132 cm³/mol. The van der Waals surface area contributed by atoms with Gasteiger partial charge < -0.3 is 9.47 Å². The number of carbonyl (C=O) groups is 1. The maximum Gasteiger partial charge on any atom is 0.414 e. The van der Waals surface area contributed by atoms with Crippen molar-refractivity contribution in [2.75, 3.05) is 32.2 Å². The van der Waals surface area contributed by atoms with Crippen LogP contribution in [0.15, 0.2) is 72.8 Å². The first-order chi connectivity index (χ1) is 16.6. The van der Waals surface area contributed by atoms with Gasteiger partial charge >= 0.3 is 6.09 Å². The van der Waals surface area contributed by atoms with Crippen molar-refractivity contribution in [3.05, 3.63) is 95.3 Å². The maximum atomic E-state index is 13.2. The lowest BCUT2D eigenvalue weighted by molar-refractivity contribution is 0.178. The maximum absolute atomic E-state index is 13.2. The summed E-state index contributed by atoms with van der Waals surface area (Å²) in [6.07, 6.45) is 1.69. The normalized spacial score (nSPS) is 14.6. The van der Waals surface area contributed by atoms with Gasteiger partial charge in [0, 0.05) is 12.2 Å². The van der Waals surface area contributed by atoms with Crippen LogP contribution in [-0.2, 0) is 17.8 Å². The quantitative estimate of drug-likeness (QED) is 0.433. The Morgan fingerprint density at radius 2 is 1.65 bits per heavy atom. The molecule has 0 saturated carbocycles. The number of anilines is 1. The number of piperidine rings is 1. The average molecular weight is 463 g/mol. The molecule has 0 bridgehead atoms. The molecule has 1 heterocycles. The van der Waals surface area contributed by atoms with Crippen LogP contribution in [0, 0.1) is 5.82 Å². The molecule has 0 unspecified atom stereocenters. The van der Waals surface area contributed by atoms with Crippen molar-refractivity contribution in [3.8, 4) is 5.75 Å². The van der Waals surface area contributed by atoms with Crippen LogP contribution in [0.1, 0.15) is 35.4 Å². The molecule has 5 nitrogen and oxygen atoms in total. The molecule has 0 aromatic heterocycles. The van der Waals surface area contributed by atoms with Gasteiger partial charge in [0.25, 0.3) is 0 Å². The second-order valence-electron chi connectivity index (χ2n) is 8.63. The van der Waals surface area contributed by atoms with Crippen molar-refractivity contribution in [1.82, 2.24) is 4.90 Å². The fraction of sp³-hybridized carbons (Fsp3) is 0.321. The first-order valence-corrected chi connectivity index (χ1v) is 11.6. The van der Waals surface area contributed by atoms with Gasteiger partial charge in [-0.1, -0.05) is 36.4 Å². The Labute approximate surface area is 200 Å². The Kier molecular flexibility index (Phi) is 7.80. The Balaban J connectivity index is 1.46. The van der Waals surface area contributed by atoms with Gasteiger partial charge in [0.05, 0.1) is 20.8 Å². The zero-order valence-corrected chi connectivity index (χ0v) is 19.7. The molecule has 0 N–H and O–H groups in total. The van der Waals surface area contributed by atoms with Crippen LogP contribution >= 0.6 is 0 Å². The topological polar surface area (TPSA) is 42.0 Å². The zero-order chi connectivity index (χ0) is 23.9. The fourth-order valence-corrected chi connectivity index (χ4v) is 4.63. The van der Waals surface area contributed by atoms with Gasteiger partial charge in [-0.3, -0.25) is 9.80 Å². The molecule has 6 heteroatoms. The molecule has 3 aromatic carbocycles. The molecular formula is C28H31FN2O3. The summed E-state index contributed by atoms with van der Waals surface area (Å²) in [6, 6.07) is 22.5. The molecular weight excluding hydrogens is 431 g/mol.